The molecule has 0 aromatic heterocycles. The molecule has 0 saturated carbocycles. The van der Waals surface area contributed by atoms with Gasteiger partial charge in [0.05, 0.1) is 11.7 Å². The molecule has 1 atom stereocenters. The smallest absolute Gasteiger partial charge is 0.0892 e. The molecule has 1 aromatic carbocycles. The number of hydrogen-bond acceptors (Lipinski definition) is 1. The highest BCUT2D eigenvalue weighted by atomic mass is 16.6. The first kappa shape index (κ1) is 19.0. The Hall–Kier alpha value is -1.34. The van der Waals surface area contributed by atoms with Crippen LogP contribution in [0.5, 0.6) is 0 Å². The molecule has 2 rings (SSSR count). The van der Waals surface area contributed by atoms with Crippen molar-refractivity contribution >= 4 is 0 Å². The van der Waals surface area contributed by atoms with Crippen molar-refractivity contribution in [1.29, 1.82) is 0 Å². The summed E-state index contributed by atoms with van der Waals surface area (Å²) >= 11 is 0. The Bertz CT molecular complexity index is 592. The van der Waals surface area contributed by atoms with E-state index in [-0.39, 0.29) is 5.60 Å². The minimum absolute atomic E-state index is 0.136. The first-order valence-electron chi connectivity index (χ1n) is 9.41. The maximum absolute atomic E-state index is 5.65. The van der Waals surface area contributed by atoms with Crippen LogP contribution in [0.15, 0.2) is 47.6 Å². The maximum Gasteiger partial charge on any atom is 0.0892 e. The third-order valence-corrected chi connectivity index (χ3v) is 5.00. The standard InChI is InChI=1S/C23H34O/c1-18(11-7-13-21-14-8-12-20(3)17-21)9-6-10-19(2)15-16-22-23(4,5)24-22/h8,10-12,14,17,22H,6-7,9,13,15-16H2,1-5H3/b18-11+,19-10+/t22-/m0/s1. The molecule has 24 heavy (non-hydrogen) atoms. The zero-order chi connectivity index (χ0) is 17.6. The second kappa shape index (κ2) is 8.67. The van der Waals surface area contributed by atoms with Gasteiger partial charge in [0.1, 0.15) is 0 Å². The van der Waals surface area contributed by atoms with Crippen LogP contribution in [0.3, 0.4) is 0 Å². The monoisotopic (exact) mass is 326 g/mol. The second-order valence-electron chi connectivity index (χ2n) is 7.92. The van der Waals surface area contributed by atoms with E-state index in [1.807, 2.05) is 0 Å². The van der Waals surface area contributed by atoms with Gasteiger partial charge in [-0.1, -0.05) is 53.1 Å². The normalized spacial score (nSPS) is 20.3. The van der Waals surface area contributed by atoms with Gasteiger partial charge in [0, 0.05) is 0 Å². The summed E-state index contributed by atoms with van der Waals surface area (Å²) < 4.78 is 5.65. The van der Waals surface area contributed by atoms with Gasteiger partial charge < -0.3 is 4.74 Å². The zero-order valence-corrected chi connectivity index (χ0v) is 16.2. The largest absolute Gasteiger partial charge is 0.367 e. The minimum atomic E-state index is 0.136. The number of ether oxygens (including phenoxy) is 1. The fourth-order valence-corrected chi connectivity index (χ4v) is 3.20. The highest BCUT2D eigenvalue weighted by Crippen LogP contribution is 2.38. The predicted octanol–water partition coefficient (Wildman–Crippen LogP) is 6.56. The Balaban J connectivity index is 1.62. The predicted molar refractivity (Wildman–Crippen MR) is 104 cm³/mol. The lowest BCUT2D eigenvalue weighted by Gasteiger charge is -2.03. The molecule has 0 amide bonds. The molecule has 0 aliphatic carbocycles. The summed E-state index contributed by atoms with van der Waals surface area (Å²) in [5, 5.41) is 0. The Morgan fingerprint density at radius 1 is 1.08 bits per heavy atom. The number of hydrogen-bond donors (Lipinski definition) is 0. The van der Waals surface area contributed by atoms with E-state index in [4.69, 9.17) is 4.74 Å². The van der Waals surface area contributed by atoms with Gasteiger partial charge in [-0.3, -0.25) is 0 Å². The molecule has 0 spiro atoms. The molecule has 1 aromatic rings. The quantitative estimate of drug-likeness (QED) is 0.370. The number of rotatable bonds is 9. The topological polar surface area (TPSA) is 12.5 Å². The summed E-state index contributed by atoms with van der Waals surface area (Å²) in [4.78, 5) is 0. The van der Waals surface area contributed by atoms with Crippen LogP contribution >= 0.6 is 0 Å². The fraction of sp³-hybridized carbons (Fsp3) is 0.565. The lowest BCUT2D eigenvalue weighted by atomic mass is 10.0. The van der Waals surface area contributed by atoms with Gasteiger partial charge in [-0.25, -0.2) is 0 Å². The molecule has 1 aliphatic heterocycles. The van der Waals surface area contributed by atoms with E-state index < -0.39 is 0 Å². The van der Waals surface area contributed by atoms with E-state index in [9.17, 15) is 0 Å². The third kappa shape index (κ3) is 6.65. The lowest BCUT2D eigenvalue weighted by molar-refractivity contribution is 0.320. The highest BCUT2D eigenvalue weighted by molar-refractivity contribution is 5.22. The molecule has 132 valence electrons. The molecule has 1 nitrogen and oxygen atoms in total. The van der Waals surface area contributed by atoms with Crippen molar-refractivity contribution in [2.75, 3.05) is 0 Å². The first-order valence-corrected chi connectivity index (χ1v) is 9.41. The molecule has 0 unspecified atom stereocenters. The first-order chi connectivity index (χ1) is 11.4. The summed E-state index contributed by atoms with van der Waals surface area (Å²) in [6.07, 6.45) is 12.3. The van der Waals surface area contributed by atoms with Crippen molar-refractivity contribution < 1.29 is 4.74 Å². The Kier molecular flexibility index (Phi) is 6.86. The van der Waals surface area contributed by atoms with Gasteiger partial charge in [-0.05, 0) is 78.7 Å². The number of benzene rings is 1. The van der Waals surface area contributed by atoms with Crippen molar-refractivity contribution in [3.63, 3.8) is 0 Å². The van der Waals surface area contributed by atoms with E-state index in [2.05, 4.69) is 71.0 Å². The average molecular weight is 327 g/mol. The summed E-state index contributed by atoms with van der Waals surface area (Å²) in [5.74, 6) is 0. The third-order valence-electron chi connectivity index (χ3n) is 5.00. The van der Waals surface area contributed by atoms with Gasteiger partial charge in [-0.15, -0.1) is 0 Å². The molecule has 1 heterocycles. The van der Waals surface area contributed by atoms with Crippen molar-refractivity contribution in [3.8, 4) is 0 Å². The average Bonchev–Trinajstić information content (AvgIpc) is 3.12. The Labute approximate surface area is 148 Å². The molecule has 0 N–H and O–H groups in total. The molecular weight excluding hydrogens is 292 g/mol. The molecule has 0 bridgehead atoms. The van der Waals surface area contributed by atoms with Crippen molar-refractivity contribution in [3.05, 3.63) is 58.7 Å². The van der Waals surface area contributed by atoms with Crippen LogP contribution in [0.4, 0.5) is 0 Å². The van der Waals surface area contributed by atoms with E-state index in [0.29, 0.717) is 6.10 Å². The van der Waals surface area contributed by atoms with Gasteiger partial charge in [-0.2, -0.15) is 0 Å². The summed E-state index contributed by atoms with van der Waals surface area (Å²) in [6.45, 7) is 11.0. The van der Waals surface area contributed by atoms with E-state index >= 15 is 0 Å². The molecule has 0 radical (unpaired) electrons. The second-order valence-corrected chi connectivity index (χ2v) is 7.92. The van der Waals surface area contributed by atoms with Crippen LogP contribution in [-0.4, -0.2) is 11.7 Å². The van der Waals surface area contributed by atoms with Crippen molar-refractivity contribution in [2.45, 2.75) is 84.8 Å². The number of aryl methyl sites for hydroxylation is 2. The van der Waals surface area contributed by atoms with Crippen LogP contribution in [-0.2, 0) is 11.2 Å². The lowest BCUT2D eigenvalue weighted by Crippen LogP contribution is -2.02. The number of epoxide rings is 1. The molecule has 1 aliphatic rings. The van der Waals surface area contributed by atoms with E-state index in [1.54, 1.807) is 0 Å². The van der Waals surface area contributed by atoms with E-state index in [1.165, 1.54) is 41.5 Å². The molecule has 1 saturated heterocycles. The SMILES string of the molecule is C/C(=C\CCc1cccc(C)c1)CC/C=C(\C)CC[C@@H]1OC1(C)C. The maximum atomic E-state index is 5.65. The Morgan fingerprint density at radius 3 is 2.42 bits per heavy atom. The van der Waals surface area contributed by atoms with Crippen molar-refractivity contribution in [1.82, 2.24) is 0 Å². The summed E-state index contributed by atoms with van der Waals surface area (Å²) in [7, 11) is 0. The molecule has 1 fully saturated rings. The van der Waals surface area contributed by atoms with Crippen molar-refractivity contribution in [2.24, 2.45) is 0 Å². The van der Waals surface area contributed by atoms with Gasteiger partial charge >= 0.3 is 0 Å². The van der Waals surface area contributed by atoms with E-state index in [0.717, 1.165) is 19.3 Å². The molecule has 1 heteroatoms. The molecular formula is C23H34O. The van der Waals surface area contributed by atoms with Crippen LogP contribution in [0.2, 0.25) is 0 Å². The van der Waals surface area contributed by atoms with Crippen LogP contribution in [0.25, 0.3) is 0 Å². The fourth-order valence-electron chi connectivity index (χ4n) is 3.20. The highest BCUT2D eigenvalue weighted by Gasteiger charge is 2.46. The Morgan fingerprint density at radius 2 is 1.75 bits per heavy atom. The summed E-state index contributed by atoms with van der Waals surface area (Å²) in [6, 6.07) is 8.84. The summed E-state index contributed by atoms with van der Waals surface area (Å²) in [5.41, 5.74) is 5.96. The number of allylic oxidation sites excluding steroid dienone is 4. The minimum Gasteiger partial charge on any atom is -0.367 e. The van der Waals surface area contributed by atoms with Gasteiger partial charge in [0.25, 0.3) is 0 Å². The van der Waals surface area contributed by atoms with Crippen LogP contribution in [0.1, 0.15) is 70.9 Å². The van der Waals surface area contributed by atoms with Gasteiger partial charge in [0.2, 0.25) is 0 Å². The van der Waals surface area contributed by atoms with Crippen LogP contribution < -0.4 is 0 Å². The zero-order valence-electron chi connectivity index (χ0n) is 16.2. The van der Waals surface area contributed by atoms with Gasteiger partial charge in [0.15, 0.2) is 0 Å². The van der Waals surface area contributed by atoms with Crippen LogP contribution in [0, 0.1) is 6.92 Å².